The average molecular weight is 225 g/mol. The second kappa shape index (κ2) is 4.21. The number of nitrogens with zero attached hydrogens (tertiary/aromatic N) is 3. The summed E-state index contributed by atoms with van der Waals surface area (Å²) in [6, 6.07) is 7.78. The summed E-state index contributed by atoms with van der Waals surface area (Å²) in [5, 5.41) is 8.87. The minimum Gasteiger partial charge on any atom is -0.356 e. The number of nitriles is 1. The summed E-state index contributed by atoms with van der Waals surface area (Å²) >= 11 is 0. The van der Waals surface area contributed by atoms with E-state index in [1.807, 2.05) is 12.1 Å². The van der Waals surface area contributed by atoms with Gasteiger partial charge in [-0.2, -0.15) is 5.26 Å². The normalized spacial score (nSPS) is 26.6. The lowest BCUT2D eigenvalue weighted by molar-refractivity contribution is 0.411. The average Bonchev–Trinajstić information content (AvgIpc) is 2.82. The Morgan fingerprint density at radius 1 is 1.18 bits per heavy atom. The molecular formula is C14H15N3. The SMILES string of the molecule is N#Cc1cccc(N2CC3CC=CCC3C2)n1. The van der Waals surface area contributed by atoms with Gasteiger partial charge in [0.2, 0.25) is 0 Å². The molecule has 3 nitrogen and oxygen atoms in total. The number of aromatic nitrogens is 1. The zero-order valence-electron chi connectivity index (χ0n) is 9.71. The highest BCUT2D eigenvalue weighted by molar-refractivity contribution is 5.43. The lowest BCUT2D eigenvalue weighted by Gasteiger charge is -2.17. The molecule has 86 valence electrons. The Morgan fingerprint density at radius 2 is 1.88 bits per heavy atom. The van der Waals surface area contributed by atoms with Crippen molar-refractivity contribution >= 4 is 5.82 Å². The van der Waals surface area contributed by atoms with E-state index < -0.39 is 0 Å². The summed E-state index contributed by atoms with van der Waals surface area (Å²) in [5.41, 5.74) is 0.510. The molecule has 0 N–H and O–H groups in total. The summed E-state index contributed by atoms with van der Waals surface area (Å²) in [7, 11) is 0. The Bertz CT molecular complexity index is 470. The van der Waals surface area contributed by atoms with E-state index in [-0.39, 0.29) is 0 Å². The molecule has 1 fully saturated rings. The second-order valence-electron chi connectivity index (χ2n) is 4.86. The van der Waals surface area contributed by atoms with Crippen LogP contribution in [0.15, 0.2) is 30.4 Å². The van der Waals surface area contributed by atoms with Crippen LogP contribution in [0.25, 0.3) is 0 Å². The topological polar surface area (TPSA) is 39.9 Å². The maximum absolute atomic E-state index is 8.87. The Balaban J connectivity index is 1.80. The molecule has 0 saturated carbocycles. The van der Waals surface area contributed by atoms with Crippen molar-refractivity contribution in [3.8, 4) is 6.07 Å². The van der Waals surface area contributed by atoms with Crippen LogP contribution in [0.2, 0.25) is 0 Å². The number of rotatable bonds is 1. The van der Waals surface area contributed by atoms with Crippen molar-refractivity contribution in [2.45, 2.75) is 12.8 Å². The molecule has 0 amide bonds. The van der Waals surface area contributed by atoms with Crippen LogP contribution in [0.3, 0.4) is 0 Å². The van der Waals surface area contributed by atoms with Crippen molar-refractivity contribution < 1.29 is 0 Å². The van der Waals surface area contributed by atoms with E-state index in [0.29, 0.717) is 5.69 Å². The highest BCUT2D eigenvalue weighted by Crippen LogP contribution is 2.34. The van der Waals surface area contributed by atoms with Crippen molar-refractivity contribution in [3.63, 3.8) is 0 Å². The molecule has 0 spiro atoms. The van der Waals surface area contributed by atoms with Crippen LogP contribution in [-0.2, 0) is 0 Å². The fourth-order valence-electron chi connectivity index (χ4n) is 2.86. The summed E-state index contributed by atoms with van der Waals surface area (Å²) in [5.74, 6) is 2.50. The molecule has 1 aromatic rings. The third-order valence-corrected chi connectivity index (χ3v) is 3.79. The molecule has 1 saturated heterocycles. The van der Waals surface area contributed by atoms with Gasteiger partial charge in [-0.25, -0.2) is 4.98 Å². The van der Waals surface area contributed by atoms with Gasteiger partial charge in [-0.05, 0) is 36.8 Å². The molecule has 1 aliphatic carbocycles. The fraction of sp³-hybridized carbons (Fsp3) is 0.429. The summed E-state index contributed by atoms with van der Waals surface area (Å²) in [6.45, 7) is 2.16. The largest absolute Gasteiger partial charge is 0.356 e. The molecule has 17 heavy (non-hydrogen) atoms. The van der Waals surface area contributed by atoms with E-state index >= 15 is 0 Å². The minimum absolute atomic E-state index is 0.510. The fourth-order valence-corrected chi connectivity index (χ4v) is 2.86. The zero-order valence-corrected chi connectivity index (χ0v) is 9.71. The lowest BCUT2D eigenvalue weighted by Crippen LogP contribution is -2.21. The zero-order chi connectivity index (χ0) is 11.7. The Kier molecular flexibility index (Phi) is 2.56. The van der Waals surface area contributed by atoms with Crippen molar-refractivity contribution in [2.75, 3.05) is 18.0 Å². The van der Waals surface area contributed by atoms with Crippen LogP contribution in [0.4, 0.5) is 5.82 Å². The first-order chi connectivity index (χ1) is 8.36. The highest BCUT2D eigenvalue weighted by atomic mass is 15.2. The molecule has 2 unspecified atom stereocenters. The monoisotopic (exact) mass is 225 g/mol. The van der Waals surface area contributed by atoms with Gasteiger partial charge in [-0.1, -0.05) is 18.2 Å². The van der Waals surface area contributed by atoms with Crippen LogP contribution in [0.1, 0.15) is 18.5 Å². The van der Waals surface area contributed by atoms with Gasteiger partial charge in [0, 0.05) is 13.1 Å². The Labute approximate surface area is 101 Å². The van der Waals surface area contributed by atoms with Crippen molar-refractivity contribution in [3.05, 3.63) is 36.0 Å². The smallest absolute Gasteiger partial charge is 0.142 e. The van der Waals surface area contributed by atoms with Gasteiger partial charge < -0.3 is 4.90 Å². The van der Waals surface area contributed by atoms with E-state index in [0.717, 1.165) is 30.7 Å². The van der Waals surface area contributed by atoms with Crippen LogP contribution < -0.4 is 4.90 Å². The number of pyridine rings is 1. The Morgan fingerprint density at radius 3 is 2.53 bits per heavy atom. The van der Waals surface area contributed by atoms with Crippen LogP contribution in [-0.4, -0.2) is 18.1 Å². The van der Waals surface area contributed by atoms with Gasteiger partial charge in [0.1, 0.15) is 17.6 Å². The minimum atomic E-state index is 0.510. The maximum Gasteiger partial charge on any atom is 0.142 e. The van der Waals surface area contributed by atoms with Gasteiger partial charge in [0.15, 0.2) is 0 Å². The molecule has 1 aromatic heterocycles. The van der Waals surface area contributed by atoms with Crippen molar-refractivity contribution in [1.29, 1.82) is 5.26 Å². The third-order valence-electron chi connectivity index (χ3n) is 3.79. The Hall–Kier alpha value is -1.82. The molecule has 2 aliphatic rings. The number of anilines is 1. The summed E-state index contributed by atoms with van der Waals surface area (Å²) in [6.07, 6.45) is 6.98. The molecule has 3 rings (SSSR count). The van der Waals surface area contributed by atoms with E-state index in [1.54, 1.807) is 6.07 Å². The van der Waals surface area contributed by atoms with Gasteiger partial charge in [-0.15, -0.1) is 0 Å². The number of allylic oxidation sites excluding steroid dienone is 2. The molecule has 3 heteroatoms. The lowest BCUT2D eigenvalue weighted by atomic mass is 9.86. The van der Waals surface area contributed by atoms with Gasteiger partial charge in [-0.3, -0.25) is 0 Å². The van der Waals surface area contributed by atoms with Gasteiger partial charge in [0.05, 0.1) is 0 Å². The predicted octanol–water partition coefficient (Wildman–Crippen LogP) is 2.36. The molecule has 2 atom stereocenters. The molecule has 0 bridgehead atoms. The summed E-state index contributed by atoms with van der Waals surface area (Å²) < 4.78 is 0. The molecule has 0 aromatic carbocycles. The van der Waals surface area contributed by atoms with Crippen LogP contribution in [0.5, 0.6) is 0 Å². The molecule has 0 radical (unpaired) electrons. The first-order valence-electron chi connectivity index (χ1n) is 6.14. The number of hydrogen-bond donors (Lipinski definition) is 0. The van der Waals surface area contributed by atoms with Crippen molar-refractivity contribution in [2.24, 2.45) is 11.8 Å². The van der Waals surface area contributed by atoms with Crippen LogP contribution >= 0.6 is 0 Å². The molecule has 1 aliphatic heterocycles. The quantitative estimate of drug-likeness (QED) is 0.689. The van der Waals surface area contributed by atoms with E-state index in [9.17, 15) is 0 Å². The van der Waals surface area contributed by atoms with Crippen molar-refractivity contribution in [1.82, 2.24) is 4.98 Å². The third kappa shape index (κ3) is 1.91. The standard InChI is InChI=1S/C14H15N3/c15-8-13-6-3-7-14(16-13)17-9-11-4-1-2-5-12(11)10-17/h1-3,6-7,11-12H,4-5,9-10H2. The first kappa shape index (κ1) is 10.3. The van der Waals surface area contributed by atoms with E-state index in [2.05, 4.69) is 28.1 Å². The molecular weight excluding hydrogens is 210 g/mol. The summed E-state index contributed by atoms with van der Waals surface area (Å²) in [4.78, 5) is 6.70. The second-order valence-corrected chi connectivity index (χ2v) is 4.86. The first-order valence-corrected chi connectivity index (χ1v) is 6.14. The van der Waals surface area contributed by atoms with E-state index in [4.69, 9.17) is 5.26 Å². The van der Waals surface area contributed by atoms with Crippen LogP contribution in [0, 0.1) is 23.2 Å². The number of hydrogen-bond acceptors (Lipinski definition) is 3. The van der Waals surface area contributed by atoms with E-state index in [1.165, 1.54) is 12.8 Å². The van der Waals surface area contributed by atoms with Gasteiger partial charge >= 0.3 is 0 Å². The molecule has 2 heterocycles. The maximum atomic E-state index is 8.87. The highest BCUT2D eigenvalue weighted by Gasteiger charge is 2.33. The predicted molar refractivity (Wildman–Crippen MR) is 66.5 cm³/mol. The number of fused-ring (bicyclic) bond motifs is 1. The van der Waals surface area contributed by atoms with Gasteiger partial charge in [0.25, 0.3) is 0 Å².